The normalized spacial score (nSPS) is 16.9. The van der Waals surface area contributed by atoms with Crippen LogP contribution in [0.15, 0.2) is 35.4 Å². The van der Waals surface area contributed by atoms with Crippen LogP contribution < -0.4 is 11.1 Å². The second kappa shape index (κ2) is 9.02. The molecule has 1 amide bonds. The quantitative estimate of drug-likeness (QED) is 0.548. The summed E-state index contributed by atoms with van der Waals surface area (Å²) in [6.45, 7) is 2.32. The summed E-state index contributed by atoms with van der Waals surface area (Å²) < 4.78 is 29.1. The fourth-order valence-corrected chi connectivity index (χ4v) is 6.05. The van der Waals surface area contributed by atoms with Gasteiger partial charge < -0.3 is 16.0 Å². The molecule has 5 rings (SSSR count). The topological polar surface area (TPSA) is 139 Å². The van der Waals surface area contributed by atoms with Gasteiger partial charge >= 0.3 is 0 Å². The second-order valence-corrected chi connectivity index (χ2v) is 10.9. The number of sulfonamides is 1. The zero-order chi connectivity index (χ0) is 24.7. The van der Waals surface area contributed by atoms with Gasteiger partial charge in [-0.05, 0) is 56.1 Å². The molecule has 1 aromatic carbocycles. The Morgan fingerprint density at radius 2 is 1.77 bits per heavy atom. The zero-order valence-corrected chi connectivity index (χ0v) is 20.5. The predicted octanol–water partition coefficient (Wildman–Crippen LogP) is 1.14. The summed E-state index contributed by atoms with van der Waals surface area (Å²) in [6, 6.07) is 6.26. The highest BCUT2D eigenvalue weighted by Gasteiger charge is 2.29. The summed E-state index contributed by atoms with van der Waals surface area (Å²) in [5, 5.41) is 7.33. The monoisotopic (exact) mass is 496 g/mol. The minimum Gasteiger partial charge on any atom is -0.368 e. The van der Waals surface area contributed by atoms with E-state index < -0.39 is 10.0 Å². The van der Waals surface area contributed by atoms with Crippen LogP contribution in [0.25, 0.3) is 11.4 Å². The molecule has 1 saturated heterocycles. The molecule has 0 saturated carbocycles. The van der Waals surface area contributed by atoms with Crippen molar-refractivity contribution in [2.75, 3.05) is 44.3 Å². The van der Waals surface area contributed by atoms with Crippen molar-refractivity contribution in [1.82, 2.24) is 29.0 Å². The standard InChI is InChI=1S/C23H28N8O3S/c1-29-10-12-31(13-11-29)35(33,34)17-8-6-16(7-9-17)26-22(32)20-18-5-3-4-15-14-25-23(24)27-19(15)21(18)30(2)28-20/h6-9,14H,3-5,10-13H2,1-2H3,(H,26,32)(H2,24,25,27). The van der Waals surface area contributed by atoms with Crippen molar-refractivity contribution in [3.8, 4) is 11.4 Å². The lowest BCUT2D eigenvalue weighted by Gasteiger charge is -2.31. The number of hydrogen-bond acceptors (Lipinski definition) is 8. The Morgan fingerprint density at radius 1 is 1.06 bits per heavy atom. The van der Waals surface area contributed by atoms with Gasteiger partial charge in [-0.3, -0.25) is 9.48 Å². The minimum absolute atomic E-state index is 0.176. The molecule has 1 aliphatic carbocycles. The number of piperazine rings is 1. The van der Waals surface area contributed by atoms with E-state index in [1.165, 1.54) is 16.4 Å². The maximum atomic E-state index is 13.2. The molecule has 0 bridgehead atoms. The van der Waals surface area contributed by atoms with Crippen molar-refractivity contribution < 1.29 is 13.2 Å². The number of nitrogens with one attached hydrogen (secondary N) is 1. The van der Waals surface area contributed by atoms with E-state index in [4.69, 9.17) is 5.73 Å². The third-order valence-electron chi connectivity index (χ3n) is 6.55. The molecule has 0 unspecified atom stereocenters. The largest absolute Gasteiger partial charge is 0.368 e. The van der Waals surface area contributed by atoms with Crippen molar-refractivity contribution in [2.24, 2.45) is 7.05 Å². The van der Waals surface area contributed by atoms with Crippen LogP contribution in [0.3, 0.4) is 0 Å². The van der Waals surface area contributed by atoms with Crippen LogP contribution in [0.5, 0.6) is 0 Å². The Morgan fingerprint density at radius 3 is 2.49 bits per heavy atom. The van der Waals surface area contributed by atoms with E-state index in [0.717, 1.165) is 29.7 Å². The molecule has 0 radical (unpaired) electrons. The van der Waals surface area contributed by atoms with Gasteiger partial charge in [0, 0.05) is 50.7 Å². The average molecular weight is 497 g/mol. The third-order valence-corrected chi connectivity index (χ3v) is 8.47. The first-order valence-corrected chi connectivity index (χ1v) is 13.0. The van der Waals surface area contributed by atoms with Crippen LogP contribution in [0.4, 0.5) is 11.6 Å². The van der Waals surface area contributed by atoms with E-state index in [1.54, 1.807) is 30.1 Å². The van der Waals surface area contributed by atoms with Crippen LogP contribution in [-0.2, 0) is 29.9 Å². The predicted molar refractivity (Wildman–Crippen MR) is 131 cm³/mol. The number of aryl methyl sites for hydroxylation is 2. The van der Waals surface area contributed by atoms with Gasteiger partial charge in [-0.15, -0.1) is 0 Å². The number of amides is 1. The Hall–Kier alpha value is -3.35. The first-order chi connectivity index (χ1) is 16.7. The minimum atomic E-state index is -3.57. The molecule has 11 nitrogen and oxygen atoms in total. The lowest BCUT2D eigenvalue weighted by Crippen LogP contribution is -2.46. The van der Waals surface area contributed by atoms with E-state index in [0.29, 0.717) is 49.7 Å². The van der Waals surface area contributed by atoms with E-state index in [2.05, 4.69) is 25.3 Å². The summed E-state index contributed by atoms with van der Waals surface area (Å²) in [7, 11) is 0.183. The number of nitrogens with zero attached hydrogens (tertiary/aromatic N) is 6. The van der Waals surface area contributed by atoms with Gasteiger partial charge in [0.25, 0.3) is 5.91 Å². The fraction of sp³-hybridized carbons (Fsp3) is 0.391. The van der Waals surface area contributed by atoms with Crippen LogP contribution in [0, 0.1) is 0 Å². The highest BCUT2D eigenvalue weighted by Crippen LogP contribution is 2.33. The molecule has 12 heteroatoms. The van der Waals surface area contributed by atoms with Crippen molar-refractivity contribution in [2.45, 2.75) is 24.2 Å². The number of fused-ring (bicyclic) bond motifs is 3. The molecule has 0 spiro atoms. The first-order valence-electron chi connectivity index (χ1n) is 11.5. The number of carbonyl (C=O) groups excluding carboxylic acids is 1. The number of hydrogen-bond donors (Lipinski definition) is 2. The Kier molecular flexibility index (Phi) is 6.03. The SMILES string of the molecule is CN1CCN(S(=O)(=O)c2ccc(NC(=O)c3nn(C)c4c3CCCc3cnc(N)nc3-4)cc2)CC1. The number of rotatable bonds is 4. The molecule has 2 aromatic heterocycles. The van der Waals surface area contributed by atoms with Crippen LogP contribution in [0.2, 0.25) is 0 Å². The lowest BCUT2D eigenvalue weighted by molar-refractivity contribution is 0.102. The van der Waals surface area contributed by atoms with Crippen molar-refractivity contribution in [3.63, 3.8) is 0 Å². The van der Waals surface area contributed by atoms with Gasteiger partial charge in [0.15, 0.2) is 5.69 Å². The molecule has 1 aliphatic heterocycles. The molecular weight excluding hydrogens is 468 g/mol. The van der Waals surface area contributed by atoms with E-state index in [9.17, 15) is 13.2 Å². The van der Waals surface area contributed by atoms with E-state index in [-0.39, 0.29) is 16.8 Å². The number of nitrogen functional groups attached to an aromatic ring is 1. The molecule has 3 heterocycles. The van der Waals surface area contributed by atoms with Gasteiger partial charge in [-0.25, -0.2) is 18.4 Å². The smallest absolute Gasteiger partial charge is 0.276 e. The summed E-state index contributed by atoms with van der Waals surface area (Å²) in [5.74, 6) is -0.183. The zero-order valence-electron chi connectivity index (χ0n) is 19.7. The molecule has 184 valence electrons. The number of likely N-dealkylation sites (N-methyl/N-ethyl adjacent to an activating group) is 1. The Balaban J connectivity index is 1.37. The lowest BCUT2D eigenvalue weighted by atomic mass is 10.1. The van der Waals surface area contributed by atoms with Gasteiger partial charge in [0.1, 0.15) is 0 Å². The maximum absolute atomic E-state index is 13.2. The van der Waals surface area contributed by atoms with Gasteiger partial charge in [-0.1, -0.05) is 0 Å². The molecule has 3 N–H and O–H groups in total. The van der Waals surface area contributed by atoms with Crippen LogP contribution in [-0.4, -0.2) is 76.5 Å². The highest BCUT2D eigenvalue weighted by molar-refractivity contribution is 7.89. The number of nitrogens with two attached hydrogens (primary N) is 1. The maximum Gasteiger partial charge on any atom is 0.276 e. The number of aromatic nitrogens is 4. The average Bonchev–Trinajstić information content (AvgIpc) is 3.04. The van der Waals surface area contributed by atoms with Gasteiger partial charge in [-0.2, -0.15) is 9.40 Å². The second-order valence-electron chi connectivity index (χ2n) is 8.94. The molecule has 0 atom stereocenters. The molecule has 35 heavy (non-hydrogen) atoms. The van der Waals surface area contributed by atoms with Gasteiger partial charge in [0.2, 0.25) is 16.0 Å². The number of carbonyl (C=O) groups is 1. The molecular formula is C23H28N8O3S. The van der Waals surface area contributed by atoms with Gasteiger partial charge in [0.05, 0.1) is 16.3 Å². The summed E-state index contributed by atoms with van der Waals surface area (Å²) in [5.41, 5.74) is 9.91. The summed E-state index contributed by atoms with van der Waals surface area (Å²) >= 11 is 0. The number of anilines is 2. The van der Waals surface area contributed by atoms with Crippen LogP contribution >= 0.6 is 0 Å². The van der Waals surface area contributed by atoms with Crippen molar-refractivity contribution in [1.29, 1.82) is 0 Å². The fourth-order valence-electron chi connectivity index (χ4n) is 4.63. The third kappa shape index (κ3) is 4.40. The number of benzene rings is 1. The van der Waals surface area contributed by atoms with E-state index >= 15 is 0 Å². The Labute approximate surface area is 204 Å². The van der Waals surface area contributed by atoms with E-state index in [1.807, 2.05) is 7.05 Å². The van der Waals surface area contributed by atoms with Crippen molar-refractivity contribution >= 4 is 27.6 Å². The molecule has 3 aromatic rings. The molecule has 1 fully saturated rings. The Bertz CT molecular complexity index is 1380. The highest BCUT2D eigenvalue weighted by atomic mass is 32.2. The first kappa shape index (κ1) is 23.4. The molecule has 2 aliphatic rings. The summed E-state index contributed by atoms with van der Waals surface area (Å²) in [6.07, 6.45) is 4.02. The van der Waals surface area contributed by atoms with Crippen LogP contribution in [0.1, 0.15) is 28.0 Å². The summed E-state index contributed by atoms with van der Waals surface area (Å²) in [4.78, 5) is 24.0. The van der Waals surface area contributed by atoms with Crippen molar-refractivity contribution in [3.05, 3.63) is 47.3 Å².